The number of hydrogen-bond acceptors (Lipinski definition) is 3. The van der Waals surface area contributed by atoms with Gasteiger partial charge in [-0.1, -0.05) is 23.7 Å². The number of ether oxygens (including phenoxy) is 2. The van der Waals surface area contributed by atoms with Crippen LogP contribution < -0.4 is 15.2 Å². The van der Waals surface area contributed by atoms with E-state index in [9.17, 15) is 0 Å². The molecule has 0 amide bonds. The summed E-state index contributed by atoms with van der Waals surface area (Å²) in [6.45, 7) is 1.96. The van der Waals surface area contributed by atoms with Gasteiger partial charge in [0.05, 0.1) is 17.7 Å². The number of rotatable bonds is 4. The van der Waals surface area contributed by atoms with Crippen molar-refractivity contribution in [2.24, 2.45) is 5.73 Å². The van der Waals surface area contributed by atoms with E-state index in [0.717, 1.165) is 5.56 Å². The molecule has 104 valence electrons. The first-order valence-corrected chi connectivity index (χ1v) is 6.36. The number of hydrogen-bond donors (Lipinski definition) is 2. The third kappa shape index (κ3) is 2.86. The van der Waals surface area contributed by atoms with Crippen molar-refractivity contribution in [2.45, 2.75) is 6.92 Å². The Morgan fingerprint density at radius 2 is 1.90 bits per heavy atom. The molecular weight excluding hydrogens is 276 g/mol. The van der Waals surface area contributed by atoms with Crippen LogP contribution in [0.1, 0.15) is 11.1 Å². The van der Waals surface area contributed by atoms with Gasteiger partial charge in [0.15, 0.2) is 11.5 Å². The minimum atomic E-state index is -0.142. The minimum Gasteiger partial charge on any atom is -0.493 e. The molecule has 0 bridgehead atoms. The van der Waals surface area contributed by atoms with Crippen LogP contribution in [0.2, 0.25) is 5.02 Å². The van der Waals surface area contributed by atoms with E-state index in [1.165, 1.54) is 0 Å². The molecule has 0 heterocycles. The van der Waals surface area contributed by atoms with Crippen LogP contribution in [0.3, 0.4) is 0 Å². The molecule has 0 fully saturated rings. The van der Waals surface area contributed by atoms with E-state index < -0.39 is 0 Å². The zero-order chi connectivity index (χ0) is 14.7. The molecule has 0 saturated carbocycles. The van der Waals surface area contributed by atoms with Crippen LogP contribution in [0.5, 0.6) is 17.2 Å². The highest BCUT2D eigenvalue weighted by atomic mass is 35.5. The summed E-state index contributed by atoms with van der Waals surface area (Å²) in [5.74, 6) is 1.44. The van der Waals surface area contributed by atoms with Gasteiger partial charge in [-0.15, -0.1) is 0 Å². The van der Waals surface area contributed by atoms with Gasteiger partial charge >= 0.3 is 0 Å². The van der Waals surface area contributed by atoms with Gasteiger partial charge in [-0.05, 0) is 36.8 Å². The normalized spacial score (nSPS) is 10.2. The van der Waals surface area contributed by atoms with E-state index in [4.69, 9.17) is 32.2 Å². The average molecular weight is 291 g/mol. The molecule has 4 nitrogen and oxygen atoms in total. The largest absolute Gasteiger partial charge is 0.493 e. The summed E-state index contributed by atoms with van der Waals surface area (Å²) < 4.78 is 11.1. The molecule has 0 aliphatic rings. The molecule has 2 aromatic rings. The number of benzene rings is 2. The highest BCUT2D eigenvalue weighted by Crippen LogP contribution is 2.35. The molecule has 5 heteroatoms. The average Bonchev–Trinajstić information content (AvgIpc) is 2.40. The first-order chi connectivity index (χ1) is 9.52. The summed E-state index contributed by atoms with van der Waals surface area (Å²) in [6.07, 6.45) is 0. The van der Waals surface area contributed by atoms with Crippen molar-refractivity contribution in [1.82, 2.24) is 0 Å². The molecule has 0 spiro atoms. The number of halogens is 1. The molecule has 0 unspecified atom stereocenters. The van der Waals surface area contributed by atoms with Crippen LogP contribution in [-0.4, -0.2) is 12.9 Å². The number of nitrogens with one attached hydrogen (secondary N) is 1. The number of aryl methyl sites for hydroxylation is 1. The van der Waals surface area contributed by atoms with E-state index in [1.54, 1.807) is 31.4 Å². The van der Waals surface area contributed by atoms with Crippen molar-refractivity contribution < 1.29 is 9.47 Å². The number of amidine groups is 1. The lowest BCUT2D eigenvalue weighted by atomic mass is 10.1. The van der Waals surface area contributed by atoms with Gasteiger partial charge in [-0.3, -0.25) is 5.41 Å². The van der Waals surface area contributed by atoms with Crippen LogP contribution in [0.4, 0.5) is 0 Å². The Labute approximate surface area is 122 Å². The molecule has 0 radical (unpaired) electrons. The van der Waals surface area contributed by atoms with E-state index in [1.807, 2.05) is 19.1 Å². The second-order valence-electron chi connectivity index (χ2n) is 4.28. The summed E-state index contributed by atoms with van der Waals surface area (Å²) in [4.78, 5) is 0. The SMILES string of the molecule is COc1cc(C)ccc1Oc1cccc(Cl)c1C(=N)N. The standard InChI is InChI=1S/C15H15ClN2O2/c1-9-6-7-11(13(8-9)19-2)20-12-5-3-4-10(16)14(12)15(17)18/h3-8H,1-2H3,(H3,17,18). The first kappa shape index (κ1) is 14.2. The van der Waals surface area contributed by atoms with Gasteiger partial charge in [-0.25, -0.2) is 0 Å². The summed E-state index contributed by atoms with van der Waals surface area (Å²) >= 11 is 6.06. The van der Waals surface area contributed by atoms with Gasteiger partial charge in [0.2, 0.25) is 0 Å². The zero-order valence-corrected chi connectivity index (χ0v) is 12.0. The summed E-state index contributed by atoms with van der Waals surface area (Å²) in [6, 6.07) is 10.7. The second-order valence-corrected chi connectivity index (χ2v) is 4.69. The van der Waals surface area contributed by atoms with Crippen LogP contribution in [0, 0.1) is 12.3 Å². The third-order valence-corrected chi connectivity index (χ3v) is 3.10. The van der Waals surface area contributed by atoms with Crippen LogP contribution >= 0.6 is 11.6 Å². The van der Waals surface area contributed by atoms with Crippen molar-refractivity contribution >= 4 is 17.4 Å². The zero-order valence-electron chi connectivity index (χ0n) is 11.2. The van der Waals surface area contributed by atoms with Crippen molar-refractivity contribution in [3.05, 3.63) is 52.5 Å². The molecule has 0 aromatic heterocycles. The molecular formula is C15H15ClN2O2. The minimum absolute atomic E-state index is 0.142. The topological polar surface area (TPSA) is 68.3 Å². The van der Waals surface area contributed by atoms with Gasteiger partial charge in [0, 0.05) is 0 Å². The number of methoxy groups -OCH3 is 1. The van der Waals surface area contributed by atoms with Crippen molar-refractivity contribution in [2.75, 3.05) is 7.11 Å². The van der Waals surface area contributed by atoms with Gasteiger partial charge in [0.25, 0.3) is 0 Å². The smallest absolute Gasteiger partial charge is 0.169 e. The van der Waals surface area contributed by atoms with E-state index >= 15 is 0 Å². The van der Waals surface area contributed by atoms with Crippen molar-refractivity contribution in [3.8, 4) is 17.2 Å². The Morgan fingerprint density at radius 3 is 2.55 bits per heavy atom. The Hall–Kier alpha value is -2.20. The quantitative estimate of drug-likeness (QED) is 0.666. The molecule has 0 aliphatic carbocycles. The Balaban J connectivity index is 2.45. The fourth-order valence-corrected chi connectivity index (χ4v) is 2.10. The lowest BCUT2D eigenvalue weighted by Crippen LogP contribution is -2.13. The third-order valence-electron chi connectivity index (χ3n) is 2.78. The van der Waals surface area contributed by atoms with Crippen molar-refractivity contribution in [3.63, 3.8) is 0 Å². The molecule has 0 aliphatic heterocycles. The summed E-state index contributed by atoms with van der Waals surface area (Å²) in [5, 5.41) is 7.97. The van der Waals surface area contributed by atoms with Crippen molar-refractivity contribution in [1.29, 1.82) is 5.41 Å². The number of nitrogens with two attached hydrogens (primary N) is 1. The fraction of sp³-hybridized carbons (Fsp3) is 0.133. The summed E-state index contributed by atoms with van der Waals surface area (Å²) in [5.41, 5.74) is 6.99. The second kappa shape index (κ2) is 5.84. The van der Waals surface area contributed by atoms with Crippen LogP contribution in [0.25, 0.3) is 0 Å². The Bertz CT molecular complexity index is 656. The first-order valence-electron chi connectivity index (χ1n) is 5.98. The van der Waals surface area contributed by atoms with E-state index in [-0.39, 0.29) is 5.84 Å². The monoisotopic (exact) mass is 290 g/mol. The molecule has 3 N–H and O–H groups in total. The van der Waals surface area contributed by atoms with Crippen LogP contribution in [-0.2, 0) is 0 Å². The molecule has 20 heavy (non-hydrogen) atoms. The van der Waals surface area contributed by atoms with E-state index in [0.29, 0.717) is 27.8 Å². The maximum absolute atomic E-state index is 7.60. The molecule has 0 saturated heterocycles. The highest BCUT2D eigenvalue weighted by Gasteiger charge is 2.14. The predicted molar refractivity (Wildman–Crippen MR) is 80.3 cm³/mol. The lowest BCUT2D eigenvalue weighted by Gasteiger charge is -2.14. The lowest BCUT2D eigenvalue weighted by molar-refractivity contribution is 0.378. The maximum atomic E-state index is 7.60. The van der Waals surface area contributed by atoms with Gasteiger partial charge < -0.3 is 15.2 Å². The van der Waals surface area contributed by atoms with Gasteiger partial charge in [-0.2, -0.15) is 0 Å². The van der Waals surface area contributed by atoms with E-state index in [2.05, 4.69) is 0 Å². The number of nitrogen functional groups attached to an aromatic ring is 1. The van der Waals surface area contributed by atoms with Gasteiger partial charge in [0.1, 0.15) is 11.6 Å². The molecule has 0 atom stereocenters. The Morgan fingerprint density at radius 1 is 1.15 bits per heavy atom. The molecule has 2 aromatic carbocycles. The maximum Gasteiger partial charge on any atom is 0.169 e. The molecule has 2 rings (SSSR count). The predicted octanol–water partition coefficient (Wildman–Crippen LogP) is 3.73. The summed E-state index contributed by atoms with van der Waals surface area (Å²) in [7, 11) is 1.57. The Kier molecular flexibility index (Phi) is 4.15. The fourth-order valence-electron chi connectivity index (χ4n) is 1.83. The highest BCUT2D eigenvalue weighted by molar-refractivity contribution is 6.34. The van der Waals surface area contributed by atoms with Crippen LogP contribution in [0.15, 0.2) is 36.4 Å².